The van der Waals surface area contributed by atoms with Crippen LogP contribution in [0.1, 0.15) is 0 Å². The molecule has 0 atom stereocenters. The lowest BCUT2D eigenvalue weighted by atomic mass is 10.8. The van der Waals surface area contributed by atoms with Gasteiger partial charge < -0.3 is 0 Å². The van der Waals surface area contributed by atoms with Gasteiger partial charge in [-0.25, -0.2) is 8.42 Å². The molecule has 0 aromatic carbocycles. The Labute approximate surface area is 96.8 Å². The van der Waals surface area contributed by atoms with Gasteiger partial charge in [-0.2, -0.15) is 8.42 Å². The maximum Gasteiger partial charge on any atom is 0.268 e. The van der Waals surface area contributed by atoms with Gasteiger partial charge in [-0.1, -0.05) is 18.2 Å². The highest BCUT2D eigenvalue weighted by molar-refractivity contribution is 7.91. The van der Waals surface area contributed by atoms with Crippen molar-refractivity contribution >= 4 is 20.0 Å². The lowest BCUT2D eigenvalue weighted by Crippen LogP contribution is -2.06. The number of hydrogen-bond acceptors (Lipinski definition) is 4. The van der Waals surface area contributed by atoms with E-state index in [1.54, 1.807) is 0 Å². The molecule has 0 aliphatic heterocycles. The SMILES string of the molecule is C=CCS(=O)(=O)CC=C.C=CCS(=O)(=O)O. The van der Waals surface area contributed by atoms with E-state index in [9.17, 15) is 16.8 Å². The van der Waals surface area contributed by atoms with Gasteiger partial charge in [0, 0.05) is 0 Å². The van der Waals surface area contributed by atoms with E-state index in [0.29, 0.717) is 0 Å². The monoisotopic (exact) mass is 268 g/mol. The molecular weight excluding hydrogens is 252 g/mol. The smallest absolute Gasteiger partial charge is 0.268 e. The van der Waals surface area contributed by atoms with Gasteiger partial charge in [0.25, 0.3) is 10.1 Å². The average molecular weight is 268 g/mol. The summed E-state index contributed by atoms with van der Waals surface area (Å²) < 4.78 is 48.7. The second kappa shape index (κ2) is 8.26. The van der Waals surface area contributed by atoms with Gasteiger partial charge in [0.1, 0.15) is 0 Å². The predicted molar refractivity (Wildman–Crippen MR) is 65.7 cm³/mol. The minimum absolute atomic E-state index is 0.0407. The molecule has 16 heavy (non-hydrogen) atoms. The van der Waals surface area contributed by atoms with Crippen LogP contribution in [0.3, 0.4) is 0 Å². The van der Waals surface area contributed by atoms with E-state index < -0.39 is 20.0 Å². The molecule has 5 nitrogen and oxygen atoms in total. The highest BCUT2D eigenvalue weighted by Gasteiger charge is 2.02. The maximum absolute atomic E-state index is 10.7. The molecule has 0 saturated carbocycles. The molecule has 94 valence electrons. The van der Waals surface area contributed by atoms with Crippen LogP contribution in [0.4, 0.5) is 0 Å². The molecular formula is C9H16O5S2. The first-order valence-corrected chi connectivity index (χ1v) is 7.60. The van der Waals surface area contributed by atoms with Gasteiger partial charge in [-0.3, -0.25) is 4.55 Å². The fourth-order valence-corrected chi connectivity index (χ4v) is 1.73. The van der Waals surface area contributed by atoms with E-state index in [0.717, 1.165) is 6.08 Å². The molecule has 1 N–H and O–H groups in total. The average Bonchev–Trinajstić information content (AvgIpc) is 2.01. The van der Waals surface area contributed by atoms with Crippen molar-refractivity contribution in [1.29, 1.82) is 0 Å². The second-order valence-electron chi connectivity index (χ2n) is 2.69. The van der Waals surface area contributed by atoms with E-state index >= 15 is 0 Å². The molecule has 0 bridgehead atoms. The Kier molecular flexibility index (Phi) is 9.02. The zero-order chi connectivity index (χ0) is 13.2. The summed E-state index contributed by atoms with van der Waals surface area (Å²) in [7, 11) is -6.71. The Morgan fingerprint density at radius 2 is 1.12 bits per heavy atom. The van der Waals surface area contributed by atoms with Crippen LogP contribution < -0.4 is 0 Å². The van der Waals surface area contributed by atoms with Crippen LogP contribution in [0.25, 0.3) is 0 Å². The Morgan fingerprint density at radius 1 is 0.812 bits per heavy atom. The number of hydrogen-bond donors (Lipinski definition) is 1. The molecule has 0 radical (unpaired) electrons. The fraction of sp³-hybridized carbons (Fsp3) is 0.333. The summed E-state index contributed by atoms with van der Waals surface area (Å²) in [6.45, 7) is 9.74. The molecule has 0 rings (SSSR count). The van der Waals surface area contributed by atoms with E-state index in [4.69, 9.17) is 4.55 Å². The molecule has 7 heteroatoms. The Balaban J connectivity index is 0. The summed E-state index contributed by atoms with van der Waals surface area (Å²) in [6.07, 6.45) is 3.87. The van der Waals surface area contributed by atoms with Crippen molar-refractivity contribution in [2.75, 3.05) is 17.3 Å². The maximum atomic E-state index is 10.7. The van der Waals surface area contributed by atoms with Crippen molar-refractivity contribution in [2.45, 2.75) is 0 Å². The van der Waals surface area contributed by atoms with Gasteiger partial charge >= 0.3 is 0 Å². The summed E-state index contributed by atoms with van der Waals surface area (Å²) in [5.74, 6) is -0.287. The molecule has 0 aliphatic carbocycles. The first-order valence-electron chi connectivity index (χ1n) is 4.16. The van der Waals surface area contributed by atoms with E-state index in [1.807, 2.05) is 0 Å². The summed E-state index contributed by atoms with van der Waals surface area (Å²) in [5.41, 5.74) is 0. The lowest BCUT2D eigenvalue weighted by molar-refractivity contribution is 0.487. The molecule has 0 spiro atoms. The van der Waals surface area contributed by atoms with Crippen molar-refractivity contribution in [3.05, 3.63) is 38.0 Å². The van der Waals surface area contributed by atoms with Crippen LogP contribution >= 0.6 is 0 Å². The van der Waals surface area contributed by atoms with E-state index in [2.05, 4.69) is 19.7 Å². The fourth-order valence-electron chi connectivity index (χ4n) is 0.576. The van der Waals surface area contributed by atoms with Gasteiger partial charge in [0.15, 0.2) is 9.84 Å². The number of sulfone groups is 1. The molecule has 0 aromatic heterocycles. The van der Waals surface area contributed by atoms with Crippen molar-refractivity contribution in [2.24, 2.45) is 0 Å². The quantitative estimate of drug-likeness (QED) is 0.569. The van der Waals surface area contributed by atoms with Crippen molar-refractivity contribution in [3.8, 4) is 0 Å². The first kappa shape index (κ1) is 17.5. The molecule has 0 aliphatic rings. The van der Waals surface area contributed by atoms with Crippen molar-refractivity contribution in [3.63, 3.8) is 0 Å². The zero-order valence-corrected chi connectivity index (χ0v) is 10.5. The highest BCUT2D eigenvalue weighted by Crippen LogP contribution is 1.89. The van der Waals surface area contributed by atoms with Gasteiger partial charge in [0.05, 0.1) is 17.3 Å². The normalized spacial score (nSPS) is 10.8. The molecule has 0 unspecified atom stereocenters. The summed E-state index contributed by atoms with van der Waals surface area (Å²) in [6, 6.07) is 0. The van der Waals surface area contributed by atoms with Gasteiger partial charge in [-0.05, 0) is 0 Å². The van der Waals surface area contributed by atoms with Gasteiger partial charge in [0.2, 0.25) is 0 Å². The standard InChI is InChI=1S/C6H10O2S.C3H6O3S/c1-3-5-9(7,8)6-4-2;1-2-3-7(4,5)6/h3-4H,1-2,5-6H2;2H,1,3H2,(H,4,5,6). The lowest BCUT2D eigenvalue weighted by Gasteiger charge is -1.92. The predicted octanol–water partition coefficient (Wildman–Crippen LogP) is 0.833. The molecule has 0 heterocycles. The third-order valence-corrected chi connectivity index (χ3v) is 3.22. The van der Waals surface area contributed by atoms with Crippen LogP contribution in [0.5, 0.6) is 0 Å². The Hall–Kier alpha value is -0.920. The third kappa shape index (κ3) is 15.5. The van der Waals surface area contributed by atoms with E-state index in [1.165, 1.54) is 12.2 Å². The molecule has 0 saturated heterocycles. The summed E-state index contributed by atoms with van der Waals surface area (Å²) in [5, 5.41) is 0. The molecule has 0 aromatic rings. The topological polar surface area (TPSA) is 88.5 Å². The number of rotatable bonds is 6. The van der Waals surface area contributed by atoms with Crippen LogP contribution in [-0.4, -0.2) is 38.6 Å². The Bertz CT molecular complexity index is 401. The third-order valence-electron chi connectivity index (χ3n) is 1.07. The van der Waals surface area contributed by atoms with Crippen LogP contribution in [0.15, 0.2) is 38.0 Å². The zero-order valence-electron chi connectivity index (χ0n) is 8.87. The summed E-state index contributed by atoms with van der Waals surface area (Å²) in [4.78, 5) is 0. The largest absolute Gasteiger partial charge is 0.285 e. The van der Waals surface area contributed by atoms with Crippen LogP contribution in [-0.2, 0) is 20.0 Å². The Morgan fingerprint density at radius 3 is 1.25 bits per heavy atom. The van der Waals surface area contributed by atoms with Crippen molar-refractivity contribution < 1.29 is 21.4 Å². The molecule has 0 amide bonds. The second-order valence-corrected chi connectivity index (χ2v) is 6.34. The minimum Gasteiger partial charge on any atom is -0.285 e. The van der Waals surface area contributed by atoms with Crippen molar-refractivity contribution in [1.82, 2.24) is 0 Å². The van der Waals surface area contributed by atoms with E-state index in [-0.39, 0.29) is 17.3 Å². The van der Waals surface area contributed by atoms with Crippen LogP contribution in [0, 0.1) is 0 Å². The minimum atomic E-state index is -3.79. The first-order chi connectivity index (χ1) is 7.18. The van der Waals surface area contributed by atoms with Crippen LogP contribution in [0.2, 0.25) is 0 Å². The summed E-state index contributed by atoms with van der Waals surface area (Å²) >= 11 is 0. The highest BCUT2D eigenvalue weighted by atomic mass is 32.2. The molecule has 0 fully saturated rings. The van der Waals surface area contributed by atoms with Gasteiger partial charge in [-0.15, -0.1) is 19.7 Å².